The summed E-state index contributed by atoms with van der Waals surface area (Å²) in [7, 11) is 0. The molecule has 6 atom stereocenters. The molecule has 184 valence electrons. The van der Waals surface area contributed by atoms with Crippen LogP contribution in [0.15, 0.2) is 0 Å². The number of carbonyl (C=O) groups excluding carboxylic acids is 2. The van der Waals surface area contributed by atoms with Crippen molar-refractivity contribution in [2.45, 2.75) is 126 Å². The highest BCUT2D eigenvalue weighted by molar-refractivity contribution is 5.82. The summed E-state index contributed by atoms with van der Waals surface area (Å²) < 4.78 is 0. The van der Waals surface area contributed by atoms with Crippen molar-refractivity contribution < 1.29 is 19.8 Å². The molecule has 2 saturated carbocycles. The average Bonchev–Trinajstić information content (AvgIpc) is 2.60. The Bertz CT molecular complexity index is 515. The van der Waals surface area contributed by atoms with Gasteiger partial charge in [0.2, 0.25) is 11.8 Å². The molecule has 2 fully saturated rings. The summed E-state index contributed by atoms with van der Waals surface area (Å²) in [6, 6.07) is 0.491. The molecule has 0 bridgehead atoms. The minimum Gasteiger partial charge on any atom is -0.393 e. The number of amides is 2. The lowest BCUT2D eigenvalue weighted by atomic mass is 9.84. The number of aliphatic hydroxyl groups is 2. The summed E-state index contributed by atoms with van der Waals surface area (Å²) in [6.07, 6.45) is 4.81. The normalized spacial score (nSPS) is 31.4. The van der Waals surface area contributed by atoms with Crippen molar-refractivity contribution in [2.24, 2.45) is 22.7 Å². The highest BCUT2D eigenvalue weighted by Crippen LogP contribution is 2.26. The van der Waals surface area contributed by atoms with Crippen LogP contribution in [0.2, 0.25) is 0 Å². The number of carbonyl (C=O) groups is 2. The van der Waals surface area contributed by atoms with E-state index in [0.717, 1.165) is 38.5 Å². The molecule has 31 heavy (non-hydrogen) atoms. The Morgan fingerprint density at radius 2 is 0.968 bits per heavy atom. The highest BCUT2D eigenvalue weighted by Gasteiger charge is 2.31. The zero-order valence-electron chi connectivity index (χ0n) is 20.4. The molecule has 2 aliphatic carbocycles. The van der Waals surface area contributed by atoms with E-state index in [0.29, 0.717) is 11.8 Å². The van der Waals surface area contributed by atoms with Crippen molar-refractivity contribution in [3.63, 3.8) is 0 Å². The van der Waals surface area contributed by atoms with Crippen LogP contribution in [-0.4, -0.2) is 46.3 Å². The Kier molecular flexibility index (Phi) is 11.7. The molecule has 0 unspecified atom stereocenters. The van der Waals surface area contributed by atoms with E-state index >= 15 is 0 Å². The zero-order valence-corrected chi connectivity index (χ0v) is 20.4. The Morgan fingerprint density at radius 1 is 0.677 bits per heavy atom. The van der Waals surface area contributed by atoms with E-state index in [4.69, 9.17) is 0 Å². The summed E-state index contributed by atoms with van der Waals surface area (Å²) in [4.78, 5) is 23.5. The van der Waals surface area contributed by atoms with Crippen LogP contribution in [0, 0.1) is 22.7 Å². The van der Waals surface area contributed by atoms with Crippen LogP contribution in [0.25, 0.3) is 0 Å². The third-order valence-corrected chi connectivity index (χ3v) is 6.28. The minimum atomic E-state index is -0.320. The van der Waals surface area contributed by atoms with Crippen molar-refractivity contribution in [1.29, 1.82) is 0 Å². The summed E-state index contributed by atoms with van der Waals surface area (Å²) >= 11 is 0. The summed E-state index contributed by atoms with van der Waals surface area (Å²) in [6.45, 7) is 15.6. The van der Waals surface area contributed by atoms with Gasteiger partial charge in [-0.3, -0.25) is 9.59 Å². The summed E-state index contributed by atoms with van der Waals surface area (Å²) in [5, 5.41) is 25.3. The van der Waals surface area contributed by atoms with E-state index in [1.54, 1.807) is 0 Å². The van der Waals surface area contributed by atoms with Crippen LogP contribution in [-0.2, 0) is 9.59 Å². The predicted octanol–water partition coefficient (Wildman–Crippen LogP) is 4.03. The molecule has 6 heteroatoms. The number of hydrogen-bond donors (Lipinski definition) is 4. The standard InChI is InChI=1S/2C12H23NO2.CH4/c2*1-8-7-9(5-6-10(8)14)13-11(15)12(2,3)4;/h2*8-10,14H,5-7H2,1-4H3,(H,13,15);1H4/t2*8-,9+,10-;/m10./s1. The van der Waals surface area contributed by atoms with E-state index in [1.165, 1.54) is 0 Å². The van der Waals surface area contributed by atoms with Gasteiger partial charge in [-0.2, -0.15) is 0 Å². The van der Waals surface area contributed by atoms with Gasteiger partial charge in [0.25, 0.3) is 0 Å². The first-order valence-corrected chi connectivity index (χ1v) is 11.6. The van der Waals surface area contributed by atoms with Crippen molar-refractivity contribution in [1.82, 2.24) is 10.6 Å². The predicted molar refractivity (Wildman–Crippen MR) is 128 cm³/mol. The van der Waals surface area contributed by atoms with Crippen LogP contribution in [0.3, 0.4) is 0 Å². The van der Waals surface area contributed by atoms with Crippen LogP contribution in [0.5, 0.6) is 0 Å². The van der Waals surface area contributed by atoms with Gasteiger partial charge < -0.3 is 20.8 Å². The molecular formula is C25H50N2O4. The lowest BCUT2D eigenvalue weighted by Gasteiger charge is -2.33. The molecular weight excluding hydrogens is 392 g/mol. The maximum absolute atomic E-state index is 11.7. The van der Waals surface area contributed by atoms with Gasteiger partial charge in [0.05, 0.1) is 12.2 Å². The molecule has 2 amide bonds. The second-order valence-corrected chi connectivity index (χ2v) is 11.6. The third kappa shape index (κ3) is 10.3. The SMILES string of the molecule is C.C[C@@H]1C[C@@H](NC(=O)C(C)(C)C)CC[C@H]1O.C[C@H]1C[C@H](NC(=O)C(C)(C)C)CC[C@@H]1O. The average molecular weight is 443 g/mol. The van der Waals surface area contributed by atoms with Crippen LogP contribution in [0.4, 0.5) is 0 Å². The fourth-order valence-electron chi connectivity index (χ4n) is 3.83. The van der Waals surface area contributed by atoms with Gasteiger partial charge in [-0.25, -0.2) is 0 Å². The van der Waals surface area contributed by atoms with E-state index in [2.05, 4.69) is 10.6 Å². The molecule has 0 aromatic rings. The minimum absolute atomic E-state index is 0. The van der Waals surface area contributed by atoms with Crippen LogP contribution in [0.1, 0.15) is 101 Å². The smallest absolute Gasteiger partial charge is 0.225 e. The van der Waals surface area contributed by atoms with Crippen LogP contribution >= 0.6 is 0 Å². The largest absolute Gasteiger partial charge is 0.393 e. The molecule has 0 aromatic heterocycles. The van der Waals surface area contributed by atoms with Gasteiger partial charge in [0.15, 0.2) is 0 Å². The van der Waals surface area contributed by atoms with E-state index < -0.39 is 0 Å². The van der Waals surface area contributed by atoms with Crippen molar-refractivity contribution >= 4 is 11.8 Å². The van der Waals surface area contributed by atoms with Gasteiger partial charge in [-0.05, 0) is 50.4 Å². The van der Waals surface area contributed by atoms with Crippen LogP contribution < -0.4 is 10.6 Å². The molecule has 0 aromatic carbocycles. The van der Waals surface area contributed by atoms with Gasteiger partial charge in [0, 0.05) is 22.9 Å². The topological polar surface area (TPSA) is 98.7 Å². The molecule has 4 N–H and O–H groups in total. The monoisotopic (exact) mass is 442 g/mol. The van der Waals surface area contributed by atoms with Crippen molar-refractivity contribution in [3.8, 4) is 0 Å². The first kappa shape index (κ1) is 29.9. The maximum Gasteiger partial charge on any atom is 0.225 e. The third-order valence-electron chi connectivity index (χ3n) is 6.28. The number of hydrogen-bond acceptors (Lipinski definition) is 4. The Morgan fingerprint density at radius 3 is 1.19 bits per heavy atom. The maximum atomic E-state index is 11.7. The van der Waals surface area contributed by atoms with E-state index in [1.807, 2.05) is 55.4 Å². The fourth-order valence-corrected chi connectivity index (χ4v) is 3.83. The number of nitrogens with one attached hydrogen (secondary N) is 2. The van der Waals surface area contributed by atoms with Gasteiger partial charge in [0.1, 0.15) is 0 Å². The second kappa shape index (κ2) is 12.2. The Labute approximate surface area is 191 Å². The zero-order chi connectivity index (χ0) is 23.3. The van der Waals surface area contributed by atoms with Gasteiger partial charge in [-0.15, -0.1) is 0 Å². The number of rotatable bonds is 2. The lowest BCUT2D eigenvalue weighted by molar-refractivity contribution is -0.130. The van der Waals surface area contributed by atoms with Crippen molar-refractivity contribution in [2.75, 3.05) is 0 Å². The molecule has 6 nitrogen and oxygen atoms in total. The quantitative estimate of drug-likeness (QED) is 0.519. The molecule has 0 heterocycles. The second-order valence-electron chi connectivity index (χ2n) is 11.6. The van der Waals surface area contributed by atoms with Gasteiger partial charge in [-0.1, -0.05) is 62.8 Å². The summed E-state index contributed by atoms with van der Waals surface area (Å²) in [5.41, 5.74) is -0.640. The van der Waals surface area contributed by atoms with Crippen molar-refractivity contribution in [3.05, 3.63) is 0 Å². The summed E-state index contributed by atoms with van der Waals surface area (Å²) in [5.74, 6) is 0.806. The highest BCUT2D eigenvalue weighted by atomic mass is 16.3. The lowest BCUT2D eigenvalue weighted by Crippen LogP contribution is -2.45. The molecule has 2 aliphatic rings. The first-order chi connectivity index (χ1) is 13.6. The Hall–Kier alpha value is -1.14. The Balaban J connectivity index is 0.000000562. The molecule has 0 saturated heterocycles. The molecule has 0 spiro atoms. The number of aliphatic hydroxyl groups excluding tert-OH is 2. The van der Waals surface area contributed by atoms with E-state index in [9.17, 15) is 19.8 Å². The first-order valence-electron chi connectivity index (χ1n) is 11.6. The molecule has 0 radical (unpaired) electrons. The van der Waals surface area contributed by atoms with Gasteiger partial charge >= 0.3 is 0 Å². The fraction of sp³-hybridized carbons (Fsp3) is 0.920. The molecule has 2 rings (SSSR count). The molecule has 0 aliphatic heterocycles. The van der Waals surface area contributed by atoms with E-state index in [-0.39, 0.29) is 54.4 Å².